The fourth-order valence-electron chi connectivity index (χ4n) is 4.05. The number of carbonyl (C=O) groups excluding carboxylic acids is 1. The summed E-state index contributed by atoms with van der Waals surface area (Å²) in [6.07, 6.45) is 6.43. The number of hydrogen-bond donors (Lipinski definition) is 0. The average Bonchev–Trinajstić information content (AvgIpc) is 3.29. The first kappa shape index (κ1) is 24.5. The Hall–Kier alpha value is -2.58. The van der Waals surface area contributed by atoms with Gasteiger partial charge in [-0.25, -0.2) is 4.98 Å². The Bertz CT molecular complexity index is 1050. The van der Waals surface area contributed by atoms with Gasteiger partial charge in [0, 0.05) is 49.5 Å². The van der Waals surface area contributed by atoms with Crippen molar-refractivity contribution < 1.29 is 4.79 Å². The molecule has 7 nitrogen and oxygen atoms in total. The molecule has 9 heteroatoms. The summed E-state index contributed by atoms with van der Waals surface area (Å²) in [5.41, 5.74) is 0.983. The smallest absolute Gasteiger partial charge is 0.233 e. The van der Waals surface area contributed by atoms with Crippen LogP contribution in [0.2, 0.25) is 5.02 Å². The summed E-state index contributed by atoms with van der Waals surface area (Å²) >= 11 is 7.54. The van der Waals surface area contributed by atoms with Gasteiger partial charge >= 0.3 is 0 Å². The van der Waals surface area contributed by atoms with Crippen LogP contribution in [0.4, 0.5) is 5.82 Å². The van der Waals surface area contributed by atoms with Crippen LogP contribution in [0.3, 0.4) is 0 Å². The summed E-state index contributed by atoms with van der Waals surface area (Å²) in [4.78, 5) is 21.5. The van der Waals surface area contributed by atoms with E-state index in [1.54, 1.807) is 6.20 Å². The summed E-state index contributed by atoms with van der Waals surface area (Å²) < 4.78 is 2.15. The second-order valence-electron chi connectivity index (χ2n) is 8.37. The van der Waals surface area contributed by atoms with Gasteiger partial charge in [-0.15, -0.1) is 10.2 Å². The van der Waals surface area contributed by atoms with Gasteiger partial charge in [0.1, 0.15) is 5.82 Å². The standard InChI is InChI=1S/C25H31ClN6OS/c1-2-3-4-7-14-32-24(20-9-11-21(26)12-10-20)28-29-25(32)34-19-23(33)31-17-15-30(16-18-31)22-8-5-6-13-27-22/h5-6,8-13H,2-4,7,14-19H2,1H3. The fraction of sp³-hybridized carbons (Fsp3) is 0.440. The largest absolute Gasteiger partial charge is 0.353 e. The molecule has 0 radical (unpaired) electrons. The molecular formula is C25H31ClN6OS. The Balaban J connectivity index is 1.37. The van der Waals surface area contributed by atoms with E-state index in [9.17, 15) is 4.79 Å². The predicted molar refractivity (Wildman–Crippen MR) is 138 cm³/mol. The van der Waals surface area contributed by atoms with Crippen LogP contribution >= 0.6 is 23.4 Å². The van der Waals surface area contributed by atoms with Gasteiger partial charge in [-0.2, -0.15) is 0 Å². The van der Waals surface area contributed by atoms with Gasteiger partial charge in [0.05, 0.1) is 5.75 Å². The van der Waals surface area contributed by atoms with Crippen LogP contribution in [-0.4, -0.2) is 62.5 Å². The summed E-state index contributed by atoms with van der Waals surface area (Å²) in [5, 5.41) is 10.4. The van der Waals surface area contributed by atoms with Crippen molar-refractivity contribution in [3.63, 3.8) is 0 Å². The van der Waals surface area contributed by atoms with E-state index in [4.69, 9.17) is 11.6 Å². The number of unbranched alkanes of at least 4 members (excludes halogenated alkanes) is 3. The number of nitrogens with zero attached hydrogens (tertiary/aromatic N) is 6. The molecule has 1 aliphatic rings. The molecule has 1 fully saturated rings. The molecule has 0 spiro atoms. The highest BCUT2D eigenvalue weighted by Crippen LogP contribution is 2.26. The lowest BCUT2D eigenvalue weighted by atomic mass is 10.2. The molecule has 0 aliphatic carbocycles. The SMILES string of the molecule is CCCCCCn1c(SCC(=O)N2CCN(c3ccccn3)CC2)nnc1-c1ccc(Cl)cc1. The van der Waals surface area contributed by atoms with Crippen molar-refractivity contribution in [1.82, 2.24) is 24.6 Å². The van der Waals surface area contributed by atoms with Gasteiger partial charge in [0.15, 0.2) is 11.0 Å². The van der Waals surface area contributed by atoms with E-state index in [1.807, 2.05) is 47.4 Å². The van der Waals surface area contributed by atoms with Crippen LogP contribution in [0.5, 0.6) is 0 Å². The van der Waals surface area contributed by atoms with E-state index in [2.05, 4.69) is 31.6 Å². The number of piperazine rings is 1. The van der Waals surface area contributed by atoms with E-state index >= 15 is 0 Å². The lowest BCUT2D eigenvalue weighted by Gasteiger charge is -2.35. The van der Waals surface area contributed by atoms with Gasteiger partial charge in [0.2, 0.25) is 5.91 Å². The molecule has 0 bridgehead atoms. The number of rotatable bonds is 10. The number of hydrogen-bond acceptors (Lipinski definition) is 6. The molecule has 34 heavy (non-hydrogen) atoms. The third-order valence-electron chi connectivity index (χ3n) is 5.98. The first-order valence-corrected chi connectivity index (χ1v) is 13.3. The molecule has 1 aromatic carbocycles. The quantitative estimate of drug-likeness (QED) is 0.289. The number of anilines is 1. The summed E-state index contributed by atoms with van der Waals surface area (Å²) in [6.45, 7) is 6.04. The minimum absolute atomic E-state index is 0.138. The highest BCUT2D eigenvalue weighted by Gasteiger charge is 2.23. The Morgan fingerprint density at radius 3 is 2.50 bits per heavy atom. The van der Waals surface area contributed by atoms with E-state index < -0.39 is 0 Å². The monoisotopic (exact) mass is 498 g/mol. The summed E-state index contributed by atoms with van der Waals surface area (Å²) in [5.74, 6) is 2.29. The van der Waals surface area contributed by atoms with E-state index in [-0.39, 0.29) is 5.91 Å². The average molecular weight is 499 g/mol. The molecule has 4 rings (SSSR count). The fourth-order valence-corrected chi connectivity index (χ4v) is 5.04. The van der Waals surface area contributed by atoms with Crippen LogP contribution < -0.4 is 4.90 Å². The Morgan fingerprint density at radius 2 is 1.79 bits per heavy atom. The molecule has 1 saturated heterocycles. The Labute approximate surface area is 210 Å². The van der Waals surface area contributed by atoms with Crippen molar-refractivity contribution in [3.8, 4) is 11.4 Å². The molecule has 2 aromatic heterocycles. The zero-order valence-electron chi connectivity index (χ0n) is 19.6. The minimum Gasteiger partial charge on any atom is -0.353 e. The zero-order chi connectivity index (χ0) is 23.8. The number of carbonyl (C=O) groups is 1. The van der Waals surface area contributed by atoms with Crippen molar-refractivity contribution in [1.29, 1.82) is 0 Å². The van der Waals surface area contributed by atoms with Crippen LogP contribution in [0.25, 0.3) is 11.4 Å². The van der Waals surface area contributed by atoms with Crippen LogP contribution in [0, 0.1) is 0 Å². The summed E-state index contributed by atoms with van der Waals surface area (Å²) in [7, 11) is 0. The zero-order valence-corrected chi connectivity index (χ0v) is 21.1. The van der Waals surface area contributed by atoms with Crippen molar-refractivity contribution in [2.24, 2.45) is 0 Å². The number of thioether (sulfide) groups is 1. The number of halogens is 1. The normalized spacial score (nSPS) is 13.9. The molecule has 1 aliphatic heterocycles. The first-order valence-electron chi connectivity index (χ1n) is 11.9. The van der Waals surface area contributed by atoms with Crippen molar-refractivity contribution in [2.75, 3.05) is 36.8 Å². The van der Waals surface area contributed by atoms with Crippen LogP contribution in [-0.2, 0) is 11.3 Å². The highest BCUT2D eigenvalue weighted by atomic mass is 35.5. The topological polar surface area (TPSA) is 67.2 Å². The highest BCUT2D eigenvalue weighted by molar-refractivity contribution is 7.99. The first-order chi connectivity index (χ1) is 16.7. The van der Waals surface area contributed by atoms with Gasteiger partial charge < -0.3 is 14.4 Å². The summed E-state index contributed by atoms with van der Waals surface area (Å²) in [6, 6.07) is 13.6. The second kappa shape index (κ2) is 12.2. The van der Waals surface area contributed by atoms with Crippen molar-refractivity contribution in [2.45, 2.75) is 44.3 Å². The molecule has 0 unspecified atom stereocenters. The van der Waals surface area contributed by atoms with Gasteiger partial charge in [-0.05, 0) is 42.8 Å². The molecule has 0 N–H and O–H groups in total. The number of benzene rings is 1. The maximum Gasteiger partial charge on any atom is 0.233 e. The molecule has 3 aromatic rings. The van der Waals surface area contributed by atoms with Crippen LogP contribution in [0.15, 0.2) is 53.8 Å². The van der Waals surface area contributed by atoms with E-state index in [0.717, 1.165) is 48.4 Å². The van der Waals surface area contributed by atoms with Crippen molar-refractivity contribution in [3.05, 3.63) is 53.7 Å². The lowest BCUT2D eigenvalue weighted by Crippen LogP contribution is -2.49. The third-order valence-corrected chi connectivity index (χ3v) is 7.19. The van der Waals surface area contributed by atoms with Gasteiger partial charge in [-0.1, -0.05) is 55.6 Å². The predicted octanol–water partition coefficient (Wildman–Crippen LogP) is 5.01. The molecule has 1 amide bonds. The maximum atomic E-state index is 12.9. The second-order valence-corrected chi connectivity index (χ2v) is 9.75. The van der Waals surface area contributed by atoms with Crippen LogP contribution in [0.1, 0.15) is 32.6 Å². The molecule has 3 heterocycles. The van der Waals surface area contributed by atoms with Gasteiger partial charge in [-0.3, -0.25) is 4.79 Å². The number of pyridine rings is 1. The van der Waals surface area contributed by atoms with Crippen molar-refractivity contribution >= 4 is 35.1 Å². The molecule has 0 saturated carbocycles. The third kappa shape index (κ3) is 6.30. The Morgan fingerprint density at radius 1 is 1.00 bits per heavy atom. The lowest BCUT2D eigenvalue weighted by molar-refractivity contribution is -0.128. The molecule has 180 valence electrons. The van der Waals surface area contributed by atoms with E-state index in [0.29, 0.717) is 23.9 Å². The number of amides is 1. The minimum atomic E-state index is 0.138. The maximum absolute atomic E-state index is 12.9. The van der Waals surface area contributed by atoms with E-state index in [1.165, 1.54) is 31.0 Å². The number of aromatic nitrogens is 4. The Kier molecular flexibility index (Phi) is 8.82. The molecule has 0 atom stereocenters. The van der Waals surface area contributed by atoms with Gasteiger partial charge in [0.25, 0.3) is 0 Å². The molecular weight excluding hydrogens is 468 g/mol.